The van der Waals surface area contributed by atoms with E-state index in [4.69, 9.17) is 0 Å². The van der Waals surface area contributed by atoms with Gasteiger partial charge in [0.25, 0.3) is 0 Å². The quantitative estimate of drug-likeness (QED) is 0.865. The third kappa shape index (κ3) is 3.41. The van der Waals surface area contributed by atoms with Crippen molar-refractivity contribution in [2.24, 2.45) is 0 Å². The topological polar surface area (TPSA) is 24.9 Å². The highest BCUT2D eigenvalue weighted by molar-refractivity contribution is 5.24. The van der Waals surface area contributed by atoms with Gasteiger partial charge in [-0.1, -0.05) is 37.3 Å². The van der Waals surface area contributed by atoms with Crippen LogP contribution in [0.2, 0.25) is 0 Å². The summed E-state index contributed by atoms with van der Waals surface area (Å²) in [6.07, 6.45) is 4.80. The Morgan fingerprint density at radius 2 is 1.89 bits per heavy atom. The van der Waals surface area contributed by atoms with Crippen molar-refractivity contribution >= 4 is 0 Å². The second-order valence-electron chi connectivity index (χ2n) is 4.56. The van der Waals surface area contributed by atoms with Gasteiger partial charge in [-0.2, -0.15) is 0 Å². The maximum atomic E-state index is 4.12. The highest BCUT2D eigenvalue weighted by atomic mass is 14.9. The Bertz CT molecular complexity index is 462. The molecule has 2 nitrogen and oxygen atoms in total. The molecule has 2 aromatic rings. The van der Waals surface area contributed by atoms with Crippen LogP contribution >= 0.6 is 0 Å². The van der Waals surface area contributed by atoms with Gasteiger partial charge in [-0.15, -0.1) is 0 Å². The Morgan fingerprint density at radius 3 is 2.50 bits per heavy atom. The van der Waals surface area contributed by atoms with Crippen molar-refractivity contribution in [2.45, 2.75) is 32.9 Å². The lowest BCUT2D eigenvalue weighted by Crippen LogP contribution is -2.18. The van der Waals surface area contributed by atoms with Gasteiger partial charge in [-0.3, -0.25) is 4.98 Å². The Hall–Kier alpha value is -1.67. The van der Waals surface area contributed by atoms with Crippen molar-refractivity contribution in [1.29, 1.82) is 0 Å². The SMILES string of the molecule is CCc1ccc(C(C)NCc2cccnc2)cc1. The van der Waals surface area contributed by atoms with E-state index in [-0.39, 0.29) is 0 Å². The molecule has 0 saturated carbocycles. The lowest BCUT2D eigenvalue weighted by molar-refractivity contribution is 0.573. The molecule has 1 aromatic carbocycles. The van der Waals surface area contributed by atoms with Crippen molar-refractivity contribution in [3.63, 3.8) is 0 Å². The molecule has 0 bridgehead atoms. The van der Waals surface area contributed by atoms with Crippen molar-refractivity contribution in [2.75, 3.05) is 0 Å². The van der Waals surface area contributed by atoms with E-state index in [1.807, 2.05) is 12.3 Å². The van der Waals surface area contributed by atoms with Crippen molar-refractivity contribution in [3.05, 3.63) is 65.5 Å². The van der Waals surface area contributed by atoms with Crippen LogP contribution in [0.25, 0.3) is 0 Å². The molecule has 0 aliphatic rings. The minimum absolute atomic E-state index is 0.358. The molecule has 0 saturated heterocycles. The van der Waals surface area contributed by atoms with Crippen LogP contribution in [0.4, 0.5) is 0 Å². The van der Waals surface area contributed by atoms with Gasteiger partial charge < -0.3 is 5.32 Å². The van der Waals surface area contributed by atoms with Crippen LogP contribution in [0.1, 0.15) is 36.6 Å². The van der Waals surface area contributed by atoms with Crippen LogP contribution < -0.4 is 5.32 Å². The first-order valence-corrected chi connectivity index (χ1v) is 6.50. The van der Waals surface area contributed by atoms with E-state index in [2.05, 4.69) is 54.5 Å². The third-order valence-corrected chi connectivity index (χ3v) is 3.22. The summed E-state index contributed by atoms with van der Waals surface area (Å²) in [7, 11) is 0. The lowest BCUT2D eigenvalue weighted by atomic mass is 10.0. The first-order chi connectivity index (χ1) is 8.79. The normalized spacial score (nSPS) is 12.3. The molecule has 0 aliphatic carbocycles. The first-order valence-electron chi connectivity index (χ1n) is 6.50. The summed E-state index contributed by atoms with van der Waals surface area (Å²) < 4.78 is 0. The Kier molecular flexibility index (Phi) is 4.48. The molecule has 1 atom stereocenters. The monoisotopic (exact) mass is 240 g/mol. The molecule has 0 amide bonds. The van der Waals surface area contributed by atoms with Crippen molar-refractivity contribution < 1.29 is 0 Å². The van der Waals surface area contributed by atoms with E-state index in [0.717, 1.165) is 13.0 Å². The maximum absolute atomic E-state index is 4.12. The number of aromatic nitrogens is 1. The van der Waals surface area contributed by atoms with Crippen LogP contribution in [0.3, 0.4) is 0 Å². The molecular weight excluding hydrogens is 220 g/mol. The minimum Gasteiger partial charge on any atom is -0.306 e. The number of pyridine rings is 1. The zero-order valence-corrected chi connectivity index (χ0v) is 11.1. The van der Waals surface area contributed by atoms with Crippen molar-refractivity contribution in [3.8, 4) is 0 Å². The van der Waals surface area contributed by atoms with Crippen LogP contribution in [0, 0.1) is 0 Å². The summed E-state index contributed by atoms with van der Waals surface area (Å²) in [4.78, 5) is 4.12. The zero-order chi connectivity index (χ0) is 12.8. The Labute approximate surface area is 109 Å². The fourth-order valence-electron chi connectivity index (χ4n) is 1.93. The van der Waals surface area contributed by atoms with E-state index in [1.165, 1.54) is 16.7 Å². The predicted octanol–water partition coefficient (Wildman–Crippen LogP) is 3.49. The molecule has 0 spiro atoms. The molecule has 2 rings (SSSR count). The summed E-state index contributed by atoms with van der Waals surface area (Å²) in [6, 6.07) is 13.2. The van der Waals surface area contributed by atoms with E-state index in [9.17, 15) is 0 Å². The van der Waals surface area contributed by atoms with Crippen LogP contribution in [-0.2, 0) is 13.0 Å². The van der Waals surface area contributed by atoms with E-state index < -0.39 is 0 Å². The van der Waals surface area contributed by atoms with Gasteiger partial charge in [-0.05, 0) is 36.1 Å². The van der Waals surface area contributed by atoms with Gasteiger partial charge >= 0.3 is 0 Å². The van der Waals surface area contributed by atoms with Gasteiger partial charge in [-0.25, -0.2) is 0 Å². The Morgan fingerprint density at radius 1 is 1.11 bits per heavy atom. The van der Waals surface area contributed by atoms with Gasteiger partial charge in [0.2, 0.25) is 0 Å². The summed E-state index contributed by atoms with van der Waals surface area (Å²) in [5.41, 5.74) is 3.93. The molecule has 2 heteroatoms. The number of nitrogens with zero attached hydrogens (tertiary/aromatic N) is 1. The molecule has 1 N–H and O–H groups in total. The summed E-state index contributed by atoms with van der Waals surface area (Å²) in [5.74, 6) is 0. The number of hydrogen-bond acceptors (Lipinski definition) is 2. The van der Waals surface area contributed by atoms with Gasteiger partial charge in [0.1, 0.15) is 0 Å². The van der Waals surface area contributed by atoms with E-state index in [0.29, 0.717) is 6.04 Å². The van der Waals surface area contributed by atoms with Crippen LogP contribution in [0.5, 0.6) is 0 Å². The lowest BCUT2D eigenvalue weighted by Gasteiger charge is -2.14. The highest BCUT2D eigenvalue weighted by Crippen LogP contribution is 2.14. The fraction of sp³-hybridized carbons (Fsp3) is 0.312. The molecule has 18 heavy (non-hydrogen) atoms. The zero-order valence-electron chi connectivity index (χ0n) is 11.1. The number of hydrogen-bond donors (Lipinski definition) is 1. The fourth-order valence-corrected chi connectivity index (χ4v) is 1.93. The Balaban J connectivity index is 1.93. The second kappa shape index (κ2) is 6.31. The van der Waals surface area contributed by atoms with Crippen LogP contribution in [0.15, 0.2) is 48.8 Å². The largest absolute Gasteiger partial charge is 0.306 e. The molecule has 0 fully saturated rings. The average molecular weight is 240 g/mol. The van der Waals surface area contributed by atoms with Gasteiger partial charge in [0, 0.05) is 25.0 Å². The third-order valence-electron chi connectivity index (χ3n) is 3.22. The number of rotatable bonds is 5. The van der Waals surface area contributed by atoms with Gasteiger partial charge in [0.15, 0.2) is 0 Å². The molecule has 0 aliphatic heterocycles. The second-order valence-corrected chi connectivity index (χ2v) is 4.56. The van der Waals surface area contributed by atoms with E-state index >= 15 is 0 Å². The molecular formula is C16H20N2. The summed E-state index contributed by atoms with van der Waals surface area (Å²) >= 11 is 0. The molecule has 94 valence electrons. The molecule has 1 heterocycles. The maximum Gasteiger partial charge on any atom is 0.0312 e. The number of aryl methyl sites for hydroxylation is 1. The molecule has 1 unspecified atom stereocenters. The predicted molar refractivity (Wildman–Crippen MR) is 75.3 cm³/mol. The molecule has 0 radical (unpaired) electrons. The smallest absolute Gasteiger partial charge is 0.0312 e. The summed E-state index contributed by atoms with van der Waals surface area (Å²) in [5, 5.41) is 3.51. The highest BCUT2D eigenvalue weighted by Gasteiger charge is 2.04. The number of nitrogens with one attached hydrogen (secondary N) is 1. The van der Waals surface area contributed by atoms with Gasteiger partial charge in [0.05, 0.1) is 0 Å². The van der Waals surface area contributed by atoms with Crippen molar-refractivity contribution in [1.82, 2.24) is 10.3 Å². The standard InChI is InChI=1S/C16H20N2/c1-3-14-6-8-16(9-7-14)13(2)18-12-15-5-4-10-17-11-15/h4-11,13,18H,3,12H2,1-2H3. The number of benzene rings is 1. The molecule has 1 aromatic heterocycles. The van der Waals surface area contributed by atoms with E-state index in [1.54, 1.807) is 6.20 Å². The van der Waals surface area contributed by atoms with Crippen LogP contribution in [-0.4, -0.2) is 4.98 Å². The average Bonchev–Trinajstić information content (AvgIpc) is 2.46. The summed E-state index contributed by atoms with van der Waals surface area (Å²) in [6.45, 7) is 5.22. The first kappa shape index (κ1) is 12.8. The minimum atomic E-state index is 0.358.